The summed E-state index contributed by atoms with van der Waals surface area (Å²) in [5, 5.41) is 3.48. The largest absolute Gasteiger partial charge is 0.483 e. The van der Waals surface area contributed by atoms with Gasteiger partial charge in [0, 0.05) is 4.88 Å². The van der Waals surface area contributed by atoms with E-state index >= 15 is 0 Å². The Balaban J connectivity index is 1.78. The fourth-order valence-corrected chi connectivity index (χ4v) is 5.44. The van der Waals surface area contributed by atoms with Crippen LogP contribution in [-0.2, 0) is 28.8 Å². The van der Waals surface area contributed by atoms with E-state index in [-0.39, 0.29) is 23.9 Å². The Bertz CT molecular complexity index is 986. The Morgan fingerprint density at radius 1 is 1.28 bits per heavy atom. The van der Waals surface area contributed by atoms with E-state index in [2.05, 4.69) is 32.7 Å². The number of rotatable bonds is 8. The molecule has 0 saturated carbocycles. The molecule has 1 aliphatic rings. The number of esters is 1. The van der Waals surface area contributed by atoms with E-state index in [0.717, 1.165) is 30.4 Å². The first kappa shape index (κ1) is 24.1. The van der Waals surface area contributed by atoms with Crippen molar-refractivity contribution >= 4 is 28.2 Å². The first-order valence-corrected chi connectivity index (χ1v) is 12.0. The van der Waals surface area contributed by atoms with Crippen LogP contribution in [0.25, 0.3) is 0 Å². The molecule has 1 unspecified atom stereocenters. The minimum absolute atomic E-state index is 0.135. The summed E-state index contributed by atoms with van der Waals surface area (Å²) in [6.07, 6.45) is 5.23. The summed E-state index contributed by atoms with van der Waals surface area (Å²) in [6, 6.07) is 7.59. The van der Waals surface area contributed by atoms with Crippen LogP contribution in [0.3, 0.4) is 0 Å². The van der Waals surface area contributed by atoms with Crippen molar-refractivity contribution in [2.75, 3.05) is 18.5 Å². The van der Waals surface area contributed by atoms with Crippen LogP contribution in [0.4, 0.5) is 5.00 Å². The van der Waals surface area contributed by atoms with Crippen LogP contribution in [0.1, 0.15) is 60.5 Å². The number of hydrogen-bond acceptors (Lipinski definition) is 5. The second kappa shape index (κ2) is 10.3. The van der Waals surface area contributed by atoms with Crippen LogP contribution >= 0.6 is 11.3 Å². The number of nitrogens with one attached hydrogen (secondary N) is 1. The molecule has 1 heterocycles. The average molecular weight is 456 g/mol. The highest BCUT2D eigenvalue weighted by Crippen LogP contribution is 2.44. The van der Waals surface area contributed by atoms with E-state index in [0.29, 0.717) is 35.3 Å². The number of hydrogen-bond donors (Lipinski definition) is 1. The Morgan fingerprint density at radius 2 is 2.03 bits per heavy atom. The topological polar surface area (TPSA) is 64.6 Å². The van der Waals surface area contributed by atoms with Crippen LogP contribution in [0.15, 0.2) is 36.9 Å². The summed E-state index contributed by atoms with van der Waals surface area (Å²) in [5.41, 5.74) is 2.71. The number of carbonyl (C=O) groups is 2. The fourth-order valence-electron chi connectivity index (χ4n) is 4.11. The molecule has 0 fully saturated rings. The Hall–Kier alpha value is -2.60. The van der Waals surface area contributed by atoms with Gasteiger partial charge in [-0.3, -0.25) is 4.79 Å². The van der Waals surface area contributed by atoms with Gasteiger partial charge in [-0.15, -0.1) is 17.9 Å². The third kappa shape index (κ3) is 5.60. The second-order valence-corrected chi connectivity index (χ2v) is 10.3. The molecule has 1 aliphatic carbocycles. The maximum atomic E-state index is 12.7. The fraction of sp³-hybridized carbons (Fsp3) is 0.462. The van der Waals surface area contributed by atoms with Gasteiger partial charge in [0.2, 0.25) is 0 Å². The number of benzene rings is 1. The molecule has 1 aromatic carbocycles. The van der Waals surface area contributed by atoms with Crippen LogP contribution in [0.5, 0.6) is 5.75 Å². The van der Waals surface area contributed by atoms with E-state index in [9.17, 15) is 9.59 Å². The number of carbonyl (C=O) groups excluding carboxylic acids is 2. The van der Waals surface area contributed by atoms with E-state index in [1.165, 1.54) is 16.2 Å². The summed E-state index contributed by atoms with van der Waals surface area (Å²) in [4.78, 5) is 26.6. The number of allylic oxidation sites excluding steroid dienone is 1. The molecule has 0 radical (unpaired) electrons. The van der Waals surface area contributed by atoms with Crippen molar-refractivity contribution in [1.29, 1.82) is 0 Å². The molecule has 1 aromatic heterocycles. The van der Waals surface area contributed by atoms with E-state index < -0.39 is 0 Å². The zero-order chi connectivity index (χ0) is 23.3. The van der Waals surface area contributed by atoms with Gasteiger partial charge in [-0.05, 0) is 61.1 Å². The molecule has 3 rings (SSSR count). The predicted octanol–water partition coefficient (Wildman–Crippen LogP) is 5.82. The van der Waals surface area contributed by atoms with Crippen molar-refractivity contribution in [3.05, 3.63) is 58.5 Å². The van der Waals surface area contributed by atoms with Crippen molar-refractivity contribution in [3.63, 3.8) is 0 Å². The van der Waals surface area contributed by atoms with E-state index in [4.69, 9.17) is 9.47 Å². The van der Waals surface area contributed by atoms with Crippen LogP contribution < -0.4 is 10.1 Å². The third-order valence-electron chi connectivity index (χ3n) is 5.92. The summed E-state index contributed by atoms with van der Waals surface area (Å²) >= 11 is 1.50. The average Bonchev–Trinajstić information content (AvgIpc) is 3.10. The lowest BCUT2D eigenvalue weighted by Gasteiger charge is -2.33. The predicted molar refractivity (Wildman–Crippen MR) is 130 cm³/mol. The zero-order valence-corrected chi connectivity index (χ0v) is 20.3. The number of thiophene rings is 1. The molecular formula is C26H33NO4S. The molecule has 1 amide bonds. The second-order valence-electron chi connectivity index (χ2n) is 9.17. The Kier molecular flexibility index (Phi) is 7.77. The minimum Gasteiger partial charge on any atom is -0.483 e. The molecule has 32 heavy (non-hydrogen) atoms. The van der Waals surface area contributed by atoms with Gasteiger partial charge in [0.25, 0.3) is 5.91 Å². The monoisotopic (exact) mass is 455 g/mol. The SMILES string of the molecule is C=CCc1ccccc1OCC(=O)Nc1sc2c(c1C(=O)OCC)CCC(C(C)(C)C)C2. The van der Waals surface area contributed by atoms with E-state index in [1.54, 1.807) is 13.0 Å². The van der Waals surface area contributed by atoms with Gasteiger partial charge >= 0.3 is 5.97 Å². The molecule has 6 heteroatoms. The Morgan fingerprint density at radius 3 is 2.72 bits per heavy atom. The quantitative estimate of drug-likeness (QED) is 0.402. The zero-order valence-electron chi connectivity index (χ0n) is 19.5. The molecule has 0 bridgehead atoms. The lowest BCUT2D eigenvalue weighted by molar-refractivity contribution is -0.118. The van der Waals surface area contributed by atoms with Gasteiger partial charge in [-0.2, -0.15) is 0 Å². The summed E-state index contributed by atoms with van der Waals surface area (Å²) < 4.78 is 11.1. The van der Waals surface area contributed by atoms with Crippen molar-refractivity contribution in [2.45, 2.75) is 53.4 Å². The number of ether oxygens (including phenoxy) is 2. The first-order valence-electron chi connectivity index (χ1n) is 11.2. The van der Waals surface area contributed by atoms with Crippen molar-refractivity contribution in [1.82, 2.24) is 0 Å². The molecule has 0 aliphatic heterocycles. The number of amides is 1. The van der Waals surface area contributed by atoms with Gasteiger partial charge in [0.05, 0.1) is 12.2 Å². The van der Waals surface area contributed by atoms with Gasteiger partial charge in [-0.25, -0.2) is 4.79 Å². The highest BCUT2D eigenvalue weighted by atomic mass is 32.1. The lowest BCUT2D eigenvalue weighted by Crippen LogP contribution is -2.26. The maximum absolute atomic E-state index is 12.7. The highest BCUT2D eigenvalue weighted by Gasteiger charge is 2.34. The van der Waals surface area contributed by atoms with Crippen molar-refractivity contribution < 1.29 is 19.1 Å². The summed E-state index contributed by atoms with van der Waals surface area (Å²) in [6.45, 7) is 12.5. The third-order valence-corrected chi connectivity index (χ3v) is 7.09. The molecule has 0 saturated heterocycles. The molecule has 5 nitrogen and oxygen atoms in total. The first-order chi connectivity index (χ1) is 15.2. The normalized spacial score (nSPS) is 15.6. The van der Waals surface area contributed by atoms with E-state index in [1.807, 2.05) is 24.3 Å². The van der Waals surface area contributed by atoms with Gasteiger partial charge in [0.15, 0.2) is 6.61 Å². The Labute approximate surface area is 194 Å². The standard InChI is InChI=1S/C26H33NO4S/c1-6-10-17-11-8-9-12-20(17)31-16-22(28)27-24-23(25(29)30-7-2)19-14-13-18(26(3,4)5)15-21(19)32-24/h6,8-9,11-12,18H,1,7,10,13-16H2,2-5H3,(H,27,28). The minimum atomic E-state index is -0.369. The molecule has 172 valence electrons. The number of para-hydroxylation sites is 1. The van der Waals surface area contributed by atoms with Crippen molar-refractivity contribution in [3.8, 4) is 5.75 Å². The summed E-state index contributed by atoms with van der Waals surface area (Å²) in [5.74, 6) is 0.533. The van der Waals surface area contributed by atoms with Crippen LogP contribution in [0.2, 0.25) is 0 Å². The molecule has 2 aromatic rings. The van der Waals surface area contributed by atoms with Gasteiger partial charge < -0.3 is 14.8 Å². The van der Waals surface area contributed by atoms with Gasteiger partial charge in [0.1, 0.15) is 10.8 Å². The molecule has 1 atom stereocenters. The van der Waals surface area contributed by atoms with Crippen molar-refractivity contribution in [2.24, 2.45) is 11.3 Å². The molecule has 0 spiro atoms. The van der Waals surface area contributed by atoms with Crippen LogP contribution in [-0.4, -0.2) is 25.1 Å². The van der Waals surface area contributed by atoms with Crippen LogP contribution in [0, 0.1) is 11.3 Å². The lowest BCUT2D eigenvalue weighted by atomic mass is 9.72. The smallest absolute Gasteiger partial charge is 0.341 e. The summed E-state index contributed by atoms with van der Waals surface area (Å²) in [7, 11) is 0. The number of fused-ring (bicyclic) bond motifs is 1. The molecule has 1 N–H and O–H groups in total. The maximum Gasteiger partial charge on any atom is 0.341 e. The molecular weight excluding hydrogens is 422 g/mol. The van der Waals surface area contributed by atoms with Gasteiger partial charge in [-0.1, -0.05) is 45.0 Å². The number of anilines is 1. The highest BCUT2D eigenvalue weighted by molar-refractivity contribution is 7.17.